The second-order valence-corrected chi connectivity index (χ2v) is 5.81. The second-order valence-electron chi connectivity index (χ2n) is 4.90. The van der Waals surface area contributed by atoms with Crippen LogP contribution in [0.1, 0.15) is 5.56 Å². The molecule has 3 aromatic carbocycles. The molecule has 0 bridgehead atoms. The van der Waals surface area contributed by atoms with Crippen LogP contribution in [0, 0.1) is 10.1 Å². The van der Waals surface area contributed by atoms with Crippen LogP contribution in [0.3, 0.4) is 0 Å². The SMILES string of the molecule is O=[N+]([O-])c1c(CO)c(-c2cccc(Br)c2)cc2ccccc12. The Balaban J connectivity index is 2.42. The van der Waals surface area contributed by atoms with Gasteiger partial charge in [-0.05, 0) is 40.8 Å². The number of hydrogen-bond acceptors (Lipinski definition) is 3. The van der Waals surface area contributed by atoms with Crippen molar-refractivity contribution in [3.05, 3.63) is 74.7 Å². The minimum Gasteiger partial charge on any atom is -0.391 e. The zero-order chi connectivity index (χ0) is 15.7. The van der Waals surface area contributed by atoms with Crippen LogP contribution in [-0.4, -0.2) is 10.0 Å². The second kappa shape index (κ2) is 5.87. The Kier molecular flexibility index (Phi) is 3.92. The molecule has 0 atom stereocenters. The highest BCUT2D eigenvalue weighted by molar-refractivity contribution is 9.10. The number of halogens is 1. The van der Waals surface area contributed by atoms with Crippen molar-refractivity contribution in [3.63, 3.8) is 0 Å². The Morgan fingerprint density at radius 3 is 2.55 bits per heavy atom. The number of aliphatic hydroxyl groups is 1. The van der Waals surface area contributed by atoms with Gasteiger partial charge in [0.15, 0.2) is 0 Å². The van der Waals surface area contributed by atoms with Crippen molar-refractivity contribution < 1.29 is 10.0 Å². The summed E-state index contributed by atoms with van der Waals surface area (Å²) in [4.78, 5) is 11.1. The van der Waals surface area contributed by atoms with E-state index in [9.17, 15) is 15.2 Å². The molecule has 0 saturated heterocycles. The highest BCUT2D eigenvalue weighted by atomic mass is 79.9. The summed E-state index contributed by atoms with van der Waals surface area (Å²) in [5.74, 6) is 0. The average molecular weight is 358 g/mol. The van der Waals surface area contributed by atoms with Crippen LogP contribution in [0.5, 0.6) is 0 Å². The Morgan fingerprint density at radius 1 is 1.09 bits per heavy atom. The third-order valence-corrected chi connectivity index (χ3v) is 4.10. The molecule has 0 fully saturated rings. The van der Waals surface area contributed by atoms with Crippen LogP contribution in [0.4, 0.5) is 5.69 Å². The zero-order valence-corrected chi connectivity index (χ0v) is 13.1. The normalized spacial score (nSPS) is 10.8. The quantitative estimate of drug-likeness (QED) is 0.547. The molecule has 3 aromatic rings. The van der Waals surface area contributed by atoms with E-state index in [1.54, 1.807) is 12.1 Å². The molecule has 0 radical (unpaired) electrons. The van der Waals surface area contributed by atoms with Crippen LogP contribution in [0.15, 0.2) is 59.1 Å². The number of rotatable bonds is 3. The summed E-state index contributed by atoms with van der Waals surface area (Å²) >= 11 is 3.41. The van der Waals surface area contributed by atoms with Gasteiger partial charge in [-0.25, -0.2) is 0 Å². The van der Waals surface area contributed by atoms with Gasteiger partial charge in [0.1, 0.15) is 0 Å². The highest BCUT2D eigenvalue weighted by Gasteiger charge is 2.22. The van der Waals surface area contributed by atoms with Gasteiger partial charge in [-0.2, -0.15) is 0 Å². The van der Waals surface area contributed by atoms with Gasteiger partial charge in [-0.15, -0.1) is 0 Å². The smallest absolute Gasteiger partial charge is 0.283 e. The average Bonchev–Trinajstić information content (AvgIpc) is 2.52. The van der Waals surface area contributed by atoms with Crippen molar-refractivity contribution >= 4 is 32.4 Å². The fourth-order valence-corrected chi connectivity index (χ4v) is 3.05. The number of fused-ring (bicyclic) bond motifs is 1. The van der Waals surface area contributed by atoms with E-state index in [0.29, 0.717) is 16.5 Å². The minimum absolute atomic E-state index is 0.0319. The fraction of sp³-hybridized carbons (Fsp3) is 0.0588. The number of nitrogens with zero attached hydrogens (tertiary/aromatic N) is 1. The Bertz CT molecular complexity index is 877. The monoisotopic (exact) mass is 357 g/mol. The van der Waals surface area contributed by atoms with Crippen LogP contribution < -0.4 is 0 Å². The van der Waals surface area contributed by atoms with E-state index >= 15 is 0 Å². The summed E-state index contributed by atoms with van der Waals surface area (Å²) in [6.45, 7) is -0.386. The van der Waals surface area contributed by atoms with Crippen molar-refractivity contribution in [2.75, 3.05) is 0 Å². The van der Waals surface area contributed by atoms with E-state index in [2.05, 4.69) is 15.9 Å². The van der Waals surface area contributed by atoms with Crippen LogP contribution in [0.25, 0.3) is 21.9 Å². The first kappa shape index (κ1) is 14.7. The standard InChI is InChI=1S/C17H12BrNO3/c18-13-6-3-5-11(8-13)15-9-12-4-1-2-7-14(12)17(19(21)22)16(15)10-20/h1-9,20H,10H2. The van der Waals surface area contributed by atoms with Crippen LogP contribution in [0.2, 0.25) is 0 Å². The summed E-state index contributed by atoms with van der Waals surface area (Å²) in [5, 5.41) is 22.6. The lowest BCUT2D eigenvalue weighted by Crippen LogP contribution is -2.00. The van der Waals surface area contributed by atoms with Crippen molar-refractivity contribution in [1.29, 1.82) is 0 Å². The molecule has 0 amide bonds. The van der Waals surface area contributed by atoms with Crippen molar-refractivity contribution in [1.82, 2.24) is 0 Å². The van der Waals surface area contributed by atoms with E-state index < -0.39 is 4.92 Å². The van der Waals surface area contributed by atoms with Gasteiger partial charge in [0, 0.05) is 4.47 Å². The maximum absolute atomic E-state index is 11.5. The maximum atomic E-state index is 11.5. The van der Waals surface area contributed by atoms with E-state index in [4.69, 9.17) is 0 Å². The van der Waals surface area contributed by atoms with Gasteiger partial charge in [-0.3, -0.25) is 10.1 Å². The molecule has 0 aromatic heterocycles. The molecule has 0 unspecified atom stereocenters. The molecule has 0 spiro atoms. The predicted octanol–water partition coefficient (Wildman–Crippen LogP) is 4.67. The van der Waals surface area contributed by atoms with Crippen LogP contribution in [-0.2, 0) is 6.61 Å². The Hall–Kier alpha value is -2.24. The molecule has 3 rings (SSSR count). The number of benzene rings is 3. The lowest BCUT2D eigenvalue weighted by Gasteiger charge is -2.12. The highest BCUT2D eigenvalue weighted by Crippen LogP contribution is 2.38. The van der Waals surface area contributed by atoms with Gasteiger partial charge < -0.3 is 5.11 Å². The number of aliphatic hydroxyl groups excluding tert-OH is 1. The third kappa shape index (κ3) is 2.49. The molecule has 0 aliphatic heterocycles. The van der Waals surface area contributed by atoms with Crippen LogP contribution >= 0.6 is 15.9 Å². The molecule has 0 aliphatic carbocycles. The Labute approximate surface area is 135 Å². The van der Waals surface area contributed by atoms with Crippen molar-refractivity contribution in [2.45, 2.75) is 6.61 Å². The van der Waals surface area contributed by atoms with Gasteiger partial charge in [0.2, 0.25) is 0 Å². The summed E-state index contributed by atoms with van der Waals surface area (Å²) in [7, 11) is 0. The first-order valence-electron chi connectivity index (χ1n) is 6.67. The van der Waals surface area contributed by atoms with E-state index in [0.717, 1.165) is 15.4 Å². The molecule has 0 heterocycles. The lowest BCUT2D eigenvalue weighted by molar-refractivity contribution is -0.384. The molecule has 0 aliphatic rings. The summed E-state index contributed by atoms with van der Waals surface area (Å²) in [5.41, 5.74) is 1.80. The third-order valence-electron chi connectivity index (χ3n) is 3.60. The van der Waals surface area contributed by atoms with Crippen molar-refractivity contribution in [2.24, 2.45) is 0 Å². The predicted molar refractivity (Wildman–Crippen MR) is 89.7 cm³/mol. The summed E-state index contributed by atoms with van der Waals surface area (Å²) < 4.78 is 0.879. The topological polar surface area (TPSA) is 63.4 Å². The van der Waals surface area contributed by atoms with Gasteiger partial charge in [-0.1, -0.05) is 46.3 Å². The number of nitro groups is 1. The maximum Gasteiger partial charge on any atom is 0.283 e. The fourth-order valence-electron chi connectivity index (χ4n) is 2.65. The van der Waals surface area contributed by atoms with Crippen molar-refractivity contribution in [3.8, 4) is 11.1 Å². The van der Waals surface area contributed by atoms with E-state index in [-0.39, 0.29) is 12.3 Å². The molecule has 5 heteroatoms. The molecule has 0 saturated carbocycles. The van der Waals surface area contributed by atoms with E-state index in [1.807, 2.05) is 42.5 Å². The summed E-state index contributed by atoms with van der Waals surface area (Å²) in [6, 6.07) is 16.5. The number of hydrogen-bond donors (Lipinski definition) is 1. The van der Waals surface area contributed by atoms with Gasteiger partial charge in [0.05, 0.1) is 22.5 Å². The molecular formula is C17H12BrNO3. The number of nitro benzene ring substituents is 1. The zero-order valence-electron chi connectivity index (χ0n) is 11.5. The molecule has 22 heavy (non-hydrogen) atoms. The lowest BCUT2D eigenvalue weighted by atomic mass is 9.94. The largest absolute Gasteiger partial charge is 0.391 e. The molecule has 110 valence electrons. The molecular weight excluding hydrogens is 346 g/mol. The summed E-state index contributed by atoms with van der Waals surface area (Å²) in [6.07, 6.45) is 0. The molecule has 4 nitrogen and oxygen atoms in total. The first-order chi connectivity index (χ1) is 10.6. The van der Waals surface area contributed by atoms with E-state index in [1.165, 1.54) is 0 Å². The molecule has 1 N–H and O–H groups in total. The van der Waals surface area contributed by atoms with Gasteiger partial charge >= 0.3 is 0 Å². The van der Waals surface area contributed by atoms with Gasteiger partial charge in [0.25, 0.3) is 5.69 Å². The minimum atomic E-state index is -0.421. The Morgan fingerprint density at radius 2 is 1.86 bits per heavy atom. The first-order valence-corrected chi connectivity index (χ1v) is 7.47.